The minimum absolute atomic E-state index is 0.0163. The van der Waals surface area contributed by atoms with Gasteiger partial charge in [0, 0.05) is 17.1 Å². The van der Waals surface area contributed by atoms with Gasteiger partial charge in [0.1, 0.15) is 32.2 Å². The first-order valence-corrected chi connectivity index (χ1v) is 13.7. The van der Waals surface area contributed by atoms with Crippen LogP contribution >= 0.6 is 0 Å². The van der Waals surface area contributed by atoms with E-state index in [0.29, 0.717) is 28.4 Å². The maximum Gasteiger partial charge on any atom is 0.333 e. The van der Waals surface area contributed by atoms with Gasteiger partial charge in [0.05, 0.1) is 0 Å². The number of aliphatic hydroxyl groups excluding tert-OH is 1. The summed E-state index contributed by atoms with van der Waals surface area (Å²) in [4.78, 5) is 23.4. The van der Waals surface area contributed by atoms with Gasteiger partial charge in [-0.15, -0.1) is 0 Å². The molecule has 0 spiro atoms. The molecule has 8 nitrogen and oxygen atoms in total. The Labute approximate surface area is 247 Å². The molecule has 3 aromatic rings. The van der Waals surface area contributed by atoms with Crippen molar-refractivity contribution in [2.24, 2.45) is 5.92 Å². The molecule has 1 atom stereocenters. The largest absolute Gasteiger partial charge is 0.486 e. The Balaban J connectivity index is 1.78. The fraction of sp³-hybridized carbons (Fsp3) is 0.294. The molecule has 0 fully saturated rings. The van der Waals surface area contributed by atoms with Crippen LogP contribution in [0.4, 0.5) is 0 Å². The second-order valence-electron chi connectivity index (χ2n) is 10.0. The van der Waals surface area contributed by atoms with Crippen LogP contribution in [0.5, 0.6) is 17.2 Å². The molecule has 42 heavy (non-hydrogen) atoms. The predicted molar refractivity (Wildman–Crippen MR) is 161 cm³/mol. The molecule has 0 aliphatic heterocycles. The van der Waals surface area contributed by atoms with Crippen molar-refractivity contribution in [2.45, 2.75) is 34.0 Å². The average molecular weight is 575 g/mol. The minimum Gasteiger partial charge on any atom is -0.486 e. The van der Waals surface area contributed by atoms with Crippen LogP contribution in [0.25, 0.3) is 22.3 Å². The Morgan fingerprint density at radius 3 is 1.74 bits per heavy atom. The summed E-state index contributed by atoms with van der Waals surface area (Å²) in [5, 5.41) is 10.00. The van der Waals surface area contributed by atoms with Gasteiger partial charge in [-0.1, -0.05) is 63.4 Å². The van der Waals surface area contributed by atoms with Gasteiger partial charge in [0.25, 0.3) is 0 Å². The summed E-state index contributed by atoms with van der Waals surface area (Å²) >= 11 is 0. The second-order valence-corrected chi connectivity index (χ2v) is 10.0. The highest BCUT2D eigenvalue weighted by Gasteiger charge is 2.13. The van der Waals surface area contributed by atoms with Crippen LogP contribution in [-0.4, -0.2) is 49.8 Å². The number of carbonyl (C=O) groups is 2. The molecule has 0 aliphatic carbocycles. The van der Waals surface area contributed by atoms with Gasteiger partial charge < -0.3 is 28.8 Å². The second kappa shape index (κ2) is 15.4. The molecule has 0 heterocycles. The lowest BCUT2D eigenvalue weighted by atomic mass is 9.99. The lowest BCUT2D eigenvalue weighted by molar-refractivity contribution is -0.140. The van der Waals surface area contributed by atoms with E-state index in [0.717, 1.165) is 22.3 Å². The molecule has 0 bridgehead atoms. The van der Waals surface area contributed by atoms with E-state index < -0.39 is 18.2 Å². The van der Waals surface area contributed by atoms with Crippen molar-refractivity contribution in [3.63, 3.8) is 0 Å². The highest BCUT2D eigenvalue weighted by molar-refractivity contribution is 5.87. The fourth-order valence-electron chi connectivity index (χ4n) is 3.62. The first-order valence-electron chi connectivity index (χ1n) is 13.7. The molecule has 0 aliphatic rings. The number of rotatable bonds is 15. The summed E-state index contributed by atoms with van der Waals surface area (Å²) in [6.07, 6.45) is -0.868. The lowest BCUT2D eigenvalue weighted by Gasteiger charge is -2.17. The monoisotopic (exact) mass is 574 g/mol. The van der Waals surface area contributed by atoms with E-state index in [-0.39, 0.29) is 32.3 Å². The summed E-state index contributed by atoms with van der Waals surface area (Å²) in [6.45, 7) is 14.4. The van der Waals surface area contributed by atoms with Crippen LogP contribution in [0, 0.1) is 5.92 Å². The van der Waals surface area contributed by atoms with Crippen molar-refractivity contribution in [3.8, 4) is 39.5 Å². The lowest BCUT2D eigenvalue weighted by Crippen LogP contribution is -2.21. The van der Waals surface area contributed by atoms with Crippen molar-refractivity contribution in [3.05, 3.63) is 91.0 Å². The predicted octanol–water partition coefficient (Wildman–Crippen LogP) is 6.37. The van der Waals surface area contributed by atoms with Crippen LogP contribution in [0.3, 0.4) is 0 Å². The summed E-state index contributed by atoms with van der Waals surface area (Å²) in [5.41, 5.74) is 4.43. The minimum atomic E-state index is -0.868. The van der Waals surface area contributed by atoms with Crippen LogP contribution in [0.1, 0.15) is 27.7 Å². The summed E-state index contributed by atoms with van der Waals surface area (Å²) in [7, 11) is 0. The molecule has 1 unspecified atom stereocenters. The maximum absolute atomic E-state index is 11.7. The third-order valence-electron chi connectivity index (χ3n) is 6.00. The van der Waals surface area contributed by atoms with Gasteiger partial charge in [-0.3, -0.25) is 0 Å². The van der Waals surface area contributed by atoms with Crippen molar-refractivity contribution in [2.75, 3.05) is 26.4 Å². The summed E-state index contributed by atoms with van der Waals surface area (Å²) in [6, 6.07) is 21.1. The highest BCUT2D eigenvalue weighted by Crippen LogP contribution is 2.34. The molecule has 0 radical (unpaired) electrons. The zero-order chi connectivity index (χ0) is 30.6. The van der Waals surface area contributed by atoms with Gasteiger partial charge in [-0.05, 0) is 66.4 Å². The SMILES string of the molecule is C=C(C)C(=O)OCCOc1ccc(-c2cccc(-c3ccc(OC(O)C(C)C)cc3)c2)cc1OCCOC(=O)C(=C)C. The molecule has 0 saturated carbocycles. The van der Waals surface area contributed by atoms with E-state index in [1.54, 1.807) is 19.9 Å². The Kier molecular flexibility index (Phi) is 11.8. The van der Waals surface area contributed by atoms with Crippen molar-refractivity contribution in [1.82, 2.24) is 0 Å². The van der Waals surface area contributed by atoms with E-state index in [9.17, 15) is 14.7 Å². The van der Waals surface area contributed by atoms with E-state index in [2.05, 4.69) is 19.2 Å². The van der Waals surface area contributed by atoms with Crippen LogP contribution in [0.15, 0.2) is 91.0 Å². The number of carbonyl (C=O) groups excluding carboxylic acids is 2. The Morgan fingerprint density at radius 1 is 0.690 bits per heavy atom. The van der Waals surface area contributed by atoms with Crippen LogP contribution in [0.2, 0.25) is 0 Å². The highest BCUT2D eigenvalue weighted by atomic mass is 16.6. The van der Waals surface area contributed by atoms with Gasteiger partial charge in [0.2, 0.25) is 0 Å². The molecule has 3 rings (SSSR count). The zero-order valence-electron chi connectivity index (χ0n) is 24.6. The fourth-order valence-corrected chi connectivity index (χ4v) is 3.62. The Morgan fingerprint density at radius 2 is 1.19 bits per heavy atom. The van der Waals surface area contributed by atoms with Crippen molar-refractivity contribution >= 4 is 11.9 Å². The smallest absolute Gasteiger partial charge is 0.333 e. The van der Waals surface area contributed by atoms with Gasteiger partial charge >= 0.3 is 11.9 Å². The van der Waals surface area contributed by atoms with Gasteiger partial charge in [0.15, 0.2) is 17.8 Å². The average Bonchev–Trinajstić information content (AvgIpc) is 2.97. The topological polar surface area (TPSA) is 101 Å². The molecule has 3 aromatic carbocycles. The van der Waals surface area contributed by atoms with E-state index in [4.69, 9.17) is 23.7 Å². The number of hydrogen-bond acceptors (Lipinski definition) is 8. The number of aliphatic hydroxyl groups is 1. The van der Waals surface area contributed by atoms with Crippen molar-refractivity contribution < 1.29 is 38.4 Å². The normalized spacial score (nSPS) is 11.4. The van der Waals surface area contributed by atoms with E-state index >= 15 is 0 Å². The van der Waals surface area contributed by atoms with Gasteiger partial charge in [-0.2, -0.15) is 0 Å². The standard InChI is InChI=1S/C34H38O8/c1-22(2)32(35)40-18-16-38-30-15-12-28(21-31(30)39-17-19-41-33(36)23(3)4)27-9-7-8-26(20-27)25-10-13-29(14-11-25)42-34(37)24(5)6/h7-15,20-21,24,34,37H,1,3,16-19H2,2,4-6H3. The molecular weight excluding hydrogens is 536 g/mol. The quantitative estimate of drug-likeness (QED) is 0.0967. The number of esters is 2. The van der Waals surface area contributed by atoms with Gasteiger partial charge in [-0.25, -0.2) is 9.59 Å². The molecule has 1 N–H and O–H groups in total. The van der Waals surface area contributed by atoms with E-state index in [1.807, 2.05) is 68.4 Å². The number of benzene rings is 3. The third kappa shape index (κ3) is 9.52. The van der Waals surface area contributed by atoms with Crippen molar-refractivity contribution in [1.29, 1.82) is 0 Å². The number of hydrogen-bond donors (Lipinski definition) is 1. The third-order valence-corrected chi connectivity index (χ3v) is 6.00. The van der Waals surface area contributed by atoms with Crippen LogP contribution < -0.4 is 14.2 Å². The summed E-state index contributed by atoms with van der Waals surface area (Å²) < 4.78 is 27.6. The molecule has 0 aromatic heterocycles. The molecule has 222 valence electrons. The Bertz CT molecular complexity index is 1390. The first kappa shape index (κ1) is 32.0. The molecular formula is C34H38O8. The molecule has 8 heteroatoms. The molecule has 0 saturated heterocycles. The maximum atomic E-state index is 11.7. The van der Waals surface area contributed by atoms with Crippen LogP contribution in [-0.2, 0) is 19.1 Å². The molecule has 0 amide bonds. The van der Waals surface area contributed by atoms with E-state index in [1.165, 1.54) is 0 Å². The number of ether oxygens (including phenoxy) is 5. The zero-order valence-corrected chi connectivity index (χ0v) is 24.6. The summed E-state index contributed by atoms with van der Waals surface area (Å²) in [5.74, 6) is 0.497. The first-order chi connectivity index (χ1) is 20.0. The Hall–Kier alpha value is -4.56.